The van der Waals surface area contributed by atoms with Gasteiger partial charge < -0.3 is 14.2 Å². The van der Waals surface area contributed by atoms with Crippen LogP contribution in [0.15, 0.2) is 72.9 Å². The monoisotopic (exact) mass is 935 g/mol. The van der Waals surface area contributed by atoms with E-state index in [0.29, 0.717) is 19.3 Å². The van der Waals surface area contributed by atoms with Crippen molar-refractivity contribution in [2.24, 2.45) is 0 Å². The third-order valence-electron chi connectivity index (χ3n) is 12.3. The Labute approximate surface area is 414 Å². The van der Waals surface area contributed by atoms with Crippen LogP contribution in [0.5, 0.6) is 0 Å². The molecule has 0 saturated heterocycles. The van der Waals surface area contributed by atoms with Gasteiger partial charge >= 0.3 is 17.9 Å². The highest BCUT2D eigenvalue weighted by molar-refractivity contribution is 5.71. The third kappa shape index (κ3) is 53.7. The lowest BCUT2D eigenvalue weighted by atomic mass is 10.1. The van der Waals surface area contributed by atoms with Crippen molar-refractivity contribution in [1.29, 1.82) is 0 Å². The van der Waals surface area contributed by atoms with E-state index in [1.54, 1.807) is 0 Å². The summed E-state index contributed by atoms with van der Waals surface area (Å²) in [7, 11) is 0. The first-order chi connectivity index (χ1) is 33.0. The minimum absolute atomic E-state index is 0.0939. The molecule has 0 N–H and O–H groups in total. The largest absolute Gasteiger partial charge is 0.462 e. The summed E-state index contributed by atoms with van der Waals surface area (Å²) in [6.45, 7) is 6.48. The van der Waals surface area contributed by atoms with E-state index < -0.39 is 6.10 Å². The Hall–Kier alpha value is -3.15. The van der Waals surface area contributed by atoms with E-state index in [4.69, 9.17) is 14.2 Å². The van der Waals surface area contributed by atoms with Gasteiger partial charge in [0.15, 0.2) is 6.10 Å². The maximum absolute atomic E-state index is 12.8. The molecule has 6 nitrogen and oxygen atoms in total. The first-order valence-electron chi connectivity index (χ1n) is 28.5. The highest BCUT2D eigenvalue weighted by Crippen LogP contribution is 2.15. The molecule has 0 aliphatic rings. The molecule has 0 aliphatic carbocycles. The number of hydrogen-bond acceptors (Lipinski definition) is 6. The van der Waals surface area contributed by atoms with Gasteiger partial charge in [0.25, 0.3) is 0 Å². The smallest absolute Gasteiger partial charge is 0.306 e. The van der Waals surface area contributed by atoms with E-state index in [-0.39, 0.29) is 31.1 Å². The normalized spacial score (nSPS) is 12.6. The van der Waals surface area contributed by atoms with Crippen molar-refractivity contribution in [3.05, 3.63) is 72.9 Å². The summed E-state index contributed by atoms with van der Waals surface area (Å²) in [5, 5.41) is 0. The molecule has 0 aromatic carbocycles. The fourth-order valence-corrected chi connectivity index (χ4v) is 7.96. The molecule has 0 amide bonds. The summed E-state index contributed by atoms with van der Waals surface area (Å²) in [6.07, 6.45) is 70.3. The number of unbranched alkanes of at least 4 members (excludes halogenated alkanes) is 31. The molecule has 0 heterocycles. The lowest BCUT2D eigenvalue weighted by molar-refractivity contribution is -0.167. The fraction of sp³-hybridized carbons (Fsp3) is 0.754. The van der Waals surface area contributed by atoms with Crippen LogP contribution in [0, 0.1) is 0 Å². The molecule has 386 valence electrons. The zero-order chi connectivity index (χ0) is 48.6. The van der Waals surface area contributed by atoms with E-state index in [1.807, 2.05) is 0 Å². The summed E-state index contributed by atoms with van der Waals surface area (Å²) >= 11 is 0. The molecule has 6 heteroatoms. The van der Waals surface area contributed by atoms with E-state index in [2.05, 4.69) is 93.7 Å². The van der Waals surface area contributed by atoms with Gasteiger partial charge in [-0.15, -0.1) is 0 Å². The van der Waals surface area contributed by atoms with Crippen molar-refractivity contribution in [2.75, 3.05) is 13.2 Å². The topological polar surface area (TPSA) is 78.9 Å². The van der Waals surface area contributed by atoms with E-state index in [1.165, 1.54) is 148 Å². The average molecular weight is 936 g/mol. The zero-order valence-electron chi connectivity index (χ0n) is 44.2. The summed E-state index contributed by atoms with van der Waals surface area (Å²) < 4.78 is 16.8. The average Bonchev–Trinajstić information content (AvgIpc) is 3.33. The predicted molar refractivity (Wildman–Crippen MR) is 288 cm³/mol. The number of hydrogen-bond donors (Lipinski definition) is 0. The molecule has 0 aliphatic heterocycles. The Kier molecular flexibility index (Phi) is 52.8. The molecule has 0 bridgehead atoms. The highest BCUT2D eigenvalue weighted by atomic mass is 16.6. The van der Waals surface area contributed by atoms with Crippen LogP contribution >= 0.6 is 0 Å². The Bertz CT molecular complexity index is 1260. The van der Waals surface area contributed by atoms with Gasteiger partial charge in [0, 0.05) is 19.3 Å². The summed E-state index contributed by atoms with van der Waals surface area (Å²) in [4.78, 5) is 38.1. The predicted octanol–water partition coefficient (Wildman–Crippen LogP) is 19.0. The molecular formula is C61H106O6. The van der Waals surface area contributed by atoms with Crippen LogP contribution in [0.1, 0.15) is 278 Å². The lowest BCUT2D eigenvalue weighted by Crippen LogP contribution is -2.30. The first kappa shape index (κ1) is 63.8. The molecular weight excluding hydrogens is 829 g/mol. The summed E-state index contributed by atoms with van der Waals surface area (Å²) in [5.74, 6) is -0.933. The van der Waals surface area contributed by atoms with Gasteiger partial charge in [0.2, 0.25) is 0 Å². The second-order valence-electron chi connectivity index (χ2n) is 18.9. The minimum Gasteiger partial charge on any atom is -0.462 e. The van der Waals surface area contributed by atoms with Gasteiger partial charge in [0.05, 0.1) is 0 Å². The Morgan fingerprint density at radius 3 is 0.970 bits per heavy atom. The molecule has 1 unspecified atom stereocenters. The molecule has 1 atom stereocenters. The molecule has 0 aromatic rings. The van der Waals surface area contributed by atoms with Crippen LogP contribution in [-0.4, -0.2) is 37.2 Å². The van der Waals surface area contributed by atoms with Crippen molar-refractivity contribution < 1.29 is 28.6 Å². The van der Waals surface area contributed by atoms with E-state index >= 15 is 0 Å². The maximum atomic E-state index is 12.8. The molecule has 0 saturated carbocycles. The lowest BCUT2D eigenvalue weighted by Gasteiger charge is -2.18. The third-order valence-corrected chi connectivity index (χ3v) is 12.3. The van der Waals surface area contributed by atoms with Crippen LogP contribution in [0.25, 0.3) is 0 Å². The molecule has 0 radical (unpaired) electrons. The van der Waals surface area contributed by atoms with Gasteiger partial charge in [-0.2, -0.15) is 0 Å². The summed E-state index contributed by atoms with van der Waals surface area (Å²) in [5.41, 5.74) is 0. The van der Waals surface area contributed by atoms with Crippen LogP contribution in [0.3, 0.4) is 0 Å². The minimum atomic E-state index is -0.798. The van der Waals surface area contributed by atoms with Gasteiger partial charge in [0.1, 0.15) is 13.2 Å². The standard InChI is InChI=1S/C61H106O6/c1-4-7-10-13-16-19-22-25-28-30-31-34-36-39-42-45-48-51-54-60(63)66-57-58(56-65-59(62)53-50-47-44-41-38-35-32-27-24-21-18-15-12-9-6-3)67-61(64)55-52-49-46-43-40-37-33-29-26-23-20-17-14-11-8-5-2/h9,12,15,18,21,24,29,31,33-34,37,40,58H,4-8,10-11,13-14,16-17,19-20,22-23,25-28,30,32,35-36,38-39,41-57H2,1-3H3/b12-9-,18-15-,24-21-,33-29-,34-31-,40-37-. The molecule has 0 aromatic heterocycles. The quantitative estimate of drug-likeness (QED) is 0.0199. The maximum Gasteiger partial charge on any atom is 0.306 e. The van der Waals surface area contributed by atoms with Crippen molar-refractivity contribution in [1.82, 2.24) is 0 Å². The highest BCUT2D eigenvalue weighted by Gasteiger charge is 2.19. The van der Waals surface area contributed by atoms with Crippen molar-refractivity contribution in [3.8, 4) is 0 Å². The molecule has 0 spiro atoms. The second-order valence-corrected chi connectivity index (χ2v) is 18.9. The van der Waals surface area contributed by atoms with Crippen molar-refractivity contribution in [2.45, 2.75) is 284 Å². The number of rotatable bonds is 51. The zero-order valence-corrected chi connectivity index (χ0v) is 44.2. The fourth-order valence-electron chi connectivity index (χ4n) is 7.96. The van der Waals surface area contributed by atoms with Crippen LogP contribution in [0.2, 0.25) is 0 Å². The van der Waals surface area contributed by atoms with Crippen molar-refractivity contribution >= 4 is 17.9 Å². The number of esters is 3. The van der Waals surface area contributed by atoms with Crippen LogP contribution in [0.4, 0.5) is 0 Å². The van der Waals surface area contributed by atoms with Gasteiger partial charge in [-0.25, -0.2) is 0 Å². The summed E-state index contributed by atoms with van der Waals surface area (Å²) in [6, 6.07) is 0. The number of carbonyl (C=O) groups is 3. The Morgan fingerprint density at radius 2 is 0.597 bits per heavy atom. The SMILES string of the molecule is CC\C=C/C=C\C=C/CCCCCCCCCC(=O)OCC(COC(=O)CCCCCCC/C=C\CCCCCCCCCCC)OC(=O)CCCCC/C=C\C=C/CCCCCCCCC. The van der Waals surface area contributed by atoms with Gasteiger partial charge in [-0.3, -0.25) is 14.4 Å². The van der Waals surface area contributed by atoms with Gasteiger partial charge in [-0.1, -0.05) is 241 Å². The number of allylic oxidation sites excluding steroid dienone is 12. The second kappa shape index (κ2) is 55.4. The molecule has 0 rings (SSSR count). The molecule has 0 fully saturated rings. The Morgan fingerprint density at radius 1 is 0.313 bits per heavy atom. The first-order valence-corrected chi connectivity index (χ1v) is 28.5. The Balaban J connectivity index is 4.43. The van der Waals surface area contributed by atoms with Gasteiger partial charge in [-0.05, 0) is 89.9 Å². The van der Waals surface area contributed by atoms with Crippen LogP contribution in [-0.2, 0) is 28.6 Å². The number of carbonyl (C=O) groups excluding carboxylic acids is 3. The van der Waals surface area contributed by atoms with Crippen LogP contribution < -0.4 is 0 Å². The number of ether oxygens (including phenoxy) is 3. The molecule has 67 heavy (non-hydrogen) atoms. The van der Waals surface area contributed by atoms with Crippen molar-refractivity contribution in [3.63, 3.8) is 0 Å². The van der Waals surface area contributed by atoms with E-state index in [0.717, 1.165) is 89.9 Å². The van der Waals surface area contributed by atoms with E-state index in [9.17, 15) is 14.4 Å².